The molecule has 1 aromatic rings. The van der Waals surface area contributed by atoms with E-state index in [1.165, 1.54) is 23.9 Å². The molecule has 1 aliphatic heterocycles. The van der Waals surface area contributed by atoms with Gasteiger partial charge in [0.15, 0.2) is 5.03 Å². The maximum Gasteiger partial charge on any atom is 0.363 e. The smallest absolute Gasteiger partial charge is 0.363 e. The van der Waals surface area contributed by atoms with Crippen LogP contribution in [0.3, 0.4) is 0 Å². The molecule has 1 aromatic carbocycles. The molecular formula is C13H12ClN3O4S. The van der Waals surface area contributed by atoms with E-state index in [0.717, 1.165) is 6.42 Å². The number of hydrogen-bond acceptors (Lipinski definition) is 6. The fraction of sp³-hybridized carbons (Fsp3) is 0.231. The third-order valence-corrected chi connectivity index (χ3v) is 4.26. The van der Waals surface area contributed by atoms with Crippen molar-refractivity contribution >= 4 is 35.2 Å². The SMILES string of the molecule is O=C(NC(=O)c1ccccc1Cl)/C(=C1\NCCCS1)[N+](=O)[O-]. The van der Waals surface area contributed by atoms with Crippen LogP contribution in [0.4, 0.5) is 0 Å². The third-order valence-electron chi connectivity index (χ3n) is 2.81. The predicted octanol–water partition coefficient (Wildman–Crippen LogP) is 1.77. The van der Waals surface area contributed by atoms with Crippen LogP contribution in [0, 0.1) is 10.1 Å². The zero-order chi connectivity index (χ0) is 16.1. The summed E-state index contributed by atoms with van der Waals surface area (Å²) < 4.78 is 0. The number of hydrogen-bond donors (Lipinski definition) is 2. The minimum atomic E-state index is -1.06. The van der Waals surface area contributed by atoms with Gasteiger partial charge >= 0.3 is 11.6 Å². The molecule has 2 rings (SSSR count). The highest BCUT2D eigenvalue weighted by Gasteiger charge is 2.31. The van der Waals surface area contributed by atoms with Gasteiger partial charge in [-0.3, -0.25) is 25.0 Å². The van der Waals surface area contributed by atoms with Crippen molar-refractivity contribution in [2.24, 2.45) is 0 Å². The molecule has 0 aromatic heterocycles. The van der Waals surface area contributed by atoms with Crippen molar-refractivity contribution < 1.29 is 14.5 Å². The van der Waals surface area contributed by atoms with Gasteiger partial charge in [-0.15, -0.1) is 11.8 Å². The lowest BCUT2D eigenvalue weighted by atomic mass is 10.2. The molecular weight excluding hydrogens is 330 g/mol. The molecule has 7 nitrogen and oxygen atoms in total. The molecule has 0 atom stereocenters. The lowest BCUT2D eigenvalue weighted by Gasteiger charge is -2.15. The number of halogens is 1. The quantitative estimate of drug-likeness (QED) is 0.493. The predicted molar refractivity (Wildman–Crippen MR) is 83.0 cm³/mol. The lowest BCUT2D eigenvalue weighted by molar-refractivity contribution is -0.419. The Morgan fingerprint density at radius 3 is 2.68 bits per heavy atom. The Balaban J connectivity index is 2.20. The summed E-state index contributed by atoms with van der Waals surface area (Å²) >= 11 is 7.04. The van der Waals surface area contributed by atoms with Gasteiger partial charge in [-0.2, -0.15) is 0 Å². The molecule has 0 bridgehead atoms. The van der Waals surface area contributed by atoms with Gasteiger partial charge < -0.3 is 5.32 Å². The zero-order valence-corrected chi connectivity index (χ0v) is 12.9. The first-order valence-electron chi connectivity index (χ1n) is 6.36. The Labute approximate surface area is 135 Å². The van der Waals surface area contributed by atoms with Gasteiger partial charge in [0, 0.05) is 12.3 Å². The molecule has 0 aliphatic carbocycles. The average molecular weight is 342 g/mol. The van der Waals surface area contributed by atoms with Crippen LogP contribution in [-0.2, 0) is 4.79 Å². The van der Waals surface area contributed by atoms with Crippen LogP contribution in [0.15, 0.2) is 35.0 Å². The van der Waals surface area contributed by atoms with Crippen LogP contribution in [0.5, 0.6) is 0 Å². The van der Waals surface area contributed by atoms with Crippen molar-refractivity contribution in [2.45, 2.75) is 6.42 Å². The van der Waals surface area contributed by atoms with Crippen molar-refractivity contribution in [3.8, 4) is 0 Å². The van der Waals surface area contributed by atoms with E-state index < -0.39 is 22.4 Å². The first kappa shape index (κ1) is 16.3. The molecule has 1 fully saturated rings. The Bertz CT molecular complexity index is 654. The molecule has 0 saturated carbocycles. The van der Waals surface area contributed by atoms with Crippen LogP contribution in [0.1, 0.15) is 16.8 Å². The molecule has 9 heteroatoms. The summed E-state index contributed by atoms with van der Waals surface area (Å²) in [4.78, 5) is 34.4. The number of thioether (sulfide) groups is 1. The van der Waals surface area contributed by atoms with E-state index >= 15 is 0 Å². The standard InChI is InChI=1S/C13H12ClN3O4S/c14-9-5-2-1-4-8(9)11(18)16-12(19)10(17(20)21)13-15-6-3-7-22-13/h1-2,4-5,15H,3,6-7H2,(H,16,18,19)/b13-10-. The minimum absolute atomic E-state index is 0.0782. The number of rotatable bonds is 3. The van der Waals surface area contributed by atoms with Gasteiger partial charge in [0.2, 0.25) is 0 Å². The summed E-state index contributed by atoms with van der Waals surface area (Å²) in [6.45, 7) is 0.547. The maximum absolute atomic E-state index is 12.1. The molecule has 1 heterocycles. The number of imide groups is 1. The lowest BCUT2D eigenvalue weighted by Crippen LogP contribution is -2.36. The second kappa shape index (κ2) is 7.28. The number of nitrogens with one attached hydrogen (secondary N) is 2. The van der Waals surface area contributed by atoms with Crippen LogP contribution in [0.25, 0.3) is 0 Å². The number of amides is 2. The number of nitro groups is 1. The number of carbonyl (C=O) groups excluding carboxylic acids is 2. The fourth-order valence-corrected chi connectivity index (χ4v) is 3.02. The molecule has 2 amide bonds. The van der Waals surface area contributed by atoms with Crippen LogP contribution in [0.2, 0.25) is 5.02 Å². The molecule has 0 unspecified atom stereocenters. The normalized spacial score (nSPS) is 16.4. The van der Waals surface area contributed by atoms with E-state index in [9.17, 15) is 19.7 Å². The Morgan fingerprint density at radius 1 is 1.36 bits per heavy atom. The summed E-state index contributed by atoms with van der Waals surface area (Å²) in [6.07, 6.45) is 0.847. The number of carbonyl (C=O) groups is 2. The highest BCUT2D eigenvalue weighted by atomic mass is 35.5. The zero-order valence-electron chi connectivity index (χ0n) is 11.3. The van der Waals surface area contributed by atoms with E-state index in [-0.39, 0.29) is 15.6 Å². The van der Waals surface area contributed by atoms with Crippen LogP contribution in [-0.4, -0.2) is 29.0 Å². The second-order valence-corrected chi connectivity index (χ2v) is 5.84. The van der Waals surface area contributed by atoms with E-state index in [2.05, 4.69) is 5.32 Å². The summed E-state index contributed by atoms with van der Waals surface area (Å²) in [5.74, 6) is -1.17. The van der Waals surface area contributed by atoms with E-state index in [1.807, 2.05) is 5.32 Å². The highest BCUT2D eigenvalue weighted by Crippen LogP contribution is 2.22. The van der Waals surface area contributed by atoms with E-state index in [4.69, 9.17) is 11.6 Å². The highest BCUT2D eigenvalue weighted by molar-refractivity contribution is 8.03. The number of benzene rings is 1. The molecule has 1 aliphatic rings. The van der Waals surface area contributed by atoms with Crippen molar-refractivity contribution in [3.63, 3.8) is 0 Å². The second-order valence-electron chi connectivity index (χ2n) is 4.33. The number of nitrogens with zero attached hydrogens (tertiary/aromatic N) is 1. The topological polar surface area (TPSA) is 101 Å². The summed E-state index contributed by atoms with van der Waals surface area (Å²) in [5, 5.41) is 16.3. The van der Waals surface area contributed by atoms with Crippen molar-refractivity contribution in [2.75, 3.05) is 12.3 Å². The maximum atomic E-state index is 12.1. The monoisotopic (exact) mass is 341 g/mol. The summed E-state index contributed by atoms with van der Waals surface area (Å²) in [5.41, 5.74) is -0.584. The van der Waals surface area contributed by atoms with Gasteiger partial charge in [0.1, 0.15) is 0 Å². The molecule has 116 valence electrons. The van der Waals surface area contributed by atoms with E-state index in [1.54, 1.807) is 12.1 Å². The van der Waals surface area contributed by atoms with Gasteiger partial charge in [-0.1, -0.05) is 23.7 Å². The molecule has 1 saturated heterocycles. The third kappa shape index (κ3) is 3.77. The largest absolute Gasteiger partial charge is 0.374 e. The minimum Gasteiger partial charge on any atom is -0.374 e. The molecule has 0 radical (unpaired) electrons. The van der Waals surface area contributed by atoms with Crippen molar-refractivity contribution in [1.82, 2.24) is 10.6 Å². The van der Waals surface area contributed by atoms with Crippen LogP contribution < -0.4 is 10.6 Å². The molecule has 2 N–H and O–H groups in total. The van der Waals surface area contributed by atoms with Gasteiger partial charge in [-0.05, 0) is 18.6 Å². The molecule has 0 spiro atoms. The summed E-state index contributed by atoms with van der Waals surface area (Å²) in [7, 11) is 0. The Morgan fingerprint density at radius 2 is 2.09 bits per heavy atom. The van der Waals surface area contributed by atoms with Gasteiger partial charge in [0.25, 0.3) is 5.91 Å². The van der Waals surface area contributed by atoms with Crippen molar-refractivity contribution in [1.29, 1.82) is 0 Å². The Kier molecular flexibility index (Phi) is 5.40. The molecule has 22 heavy (non-hydrogen) atoms. The van der Waals surface area contributed by atoms with Gasteiger partial charge in [0.05, 0.1) is 15.5 Å². The van der Waals surface area contributed by atoms with Crippen molar-refractivity contribution in [3.05, 3.63) is 55.7 Å². The fourth-order valence-electron chi connectivity index (χ4n) is 1.80. The van der Waals surface area contributed by atoms with Gasteiger partial charge in [-0.25, -0.2) is 0 Å². The first-order chi connectivity index (χ1) is 10.5. The van der Waals surface area contributed by atoms with E-state index in [0.29, 0.717) is 12.3 Å². The average Bonchev–Trinajstić information content (AvgIpc) is 2.48. The summed E-state index contributed by atoms with van der Waals surface area (Å²) in [6, 6.07) is 6.13. The Hall–Kier alpha value is -2.06. The first-order valence-corrected chi connectivity index (χ1v) is 7.72. The van der Waals surface area contributed by atoms with Crippen LogP contribution >= 0.6 is 23.4 Å².